The summed E-state index contributed by atoms with van der Waals surface area (Å²) in [5, 5.41) is 9.24. The summed E-state index contributed by atoms with van der Waals surface area (Å²) in [6.45, 7) is 6.68. The van der Waals surface area contributed by atoms with Gasteiger partial charge in [0.1, 0.15) is 0 Å². The largest absolute Gasteiger partial charge is 0.393 e. The summed E-state index contributed by atoms with van der Waals surface area (Å²) in [4.78, 5) is 0. The van der Waals surface area contributed by atoms with Crippen molar-refractivity contribution in [2.75, 3.05) is 0 Å². The van der Waals surface area contributed by atoms with Gasteiger partial charge < -0.3 is 5.11 Å². The Morgan fingerprint density at radius 1 is 1.44 bits per heavy atom. The van der Waals surface area contributed by atoms with Gasteiger partial charge in [-0.25, -0.2) is 0 Å². The summed E-state index contributed by atoms with van der Waals surface area (Å²) in [5.74, 6) is 0.687. The Labute approximate surface area is 57.1 Å². The van der Waals surface area contributed by atoms with E-state index in [4.69, 9.17) is 0 Å². The maximum atomic E-state index is 9.24. The van der Waals surface area contributed by atoms with Gasteiger partial charge in [0.2, 0.25) is 0 Å². The van der Waals surface area contributed by atoms with Crippen LogP contribution in [-0.4, -0.2) is 11.2 Å². The lowest BCUT2D eigenvalue weighted by atomic mass is 9.83. The van der Waals surface area contributed by atoms with E-state index in [0.717, 1.165) is 12.8 Å². The third-order valence-corrected chi connectivity index (χ3v) is 2.72. The van der Waals surface area contributed by atoms with E-state index in [1.807, 2.05) is 0 Å². The van der Waals surface area contributed by atoms with Gasteiger partial charge in [-0.3, -0.25) is 0 Å². The molecule has 0 saturated heterocycles. The highest BCUT2D eigenvalue weighted by Gasteiger charge is 2.36. The molecule has 0 aromatic carbocycles. The molecule has 0 aliphatic heterocycles. The van der Waals surface area contributed by atoms with E-state index in [-0.39, 0.29) is 6.10 Å². The van der Waals surface area contributed by atoms with Crippen LogP contribution in [0.25, 0.3) is 0 Å². The molecule has 1 N–H and O–H groups in total. The predicted molar refractivity (Wildman–Crippen MR) is 38.2 cm³/mol. The average Bonchev–Trinajstić information content (AvgIpc) is 1.79. The van der Waals surface area contributed by atoms with E-state index in [0.29, 0.717) is 11.3 Å². The van der Waals surface area contributed by atoms with Gasteiger partial charge in [-0.1, -0.05) is 20.8 Å². The fourth-order valence-corrected chi connectivity index (χ4v) is 1.62. The van der Waals surface area contributed by atoms with E-state index in [9.17, 15) is 5.11 Å². The van der Waals surface area contributed by atoms with Gasteiger partial charge in [0, 0.05) is 0 Å². The maximum absolute atomic E-state index is 9.24. The predicted octanol–water partition coefficient (Wildman–Crippen LogP) is 1.80. The lowest BCUT2D eigenvalue weighted by molar-refractivity contribution is 0.168. The minimum absolute atomic E-state index is 0.0324. The third-order valence-electron chi connectivity index (χ3n) is 2.72. The Morgan fingerprint density at radius 3 is 2.11 bits per heavy atom. The third kappa shape index (κ3) is 1.26. The van der Waals surface area contributed by atoms with Gasteiger partial charge in [0.25, 0.3) is 0 Å². The summed E-state index contributed by atoms with van der Waals surface area (Å²) in [6.07, 6.45) is 1.94. The molecule has 1 fully saturated rings. The number of aliphatic hydroxyl groups excluding tert-OH is 1. The molecule has 1 saturated carbocycles. The molecule has 1 aliphatic rings. The summed E-state index contributed by atoms with van der Waals surface area (Å²) >= 11 is 0. The fraction of sp³-hybridized carbons (Fsp3) is 1.00. The molecular formula is C8H16O. The van der Waals surface area contributed by atoms with Gasteiger partial charge in [0.15, 0.2) is 0 Å². The molecule has 1 rings (SSSR count). The number of aliphatic hydroxyl groups is 1. The van der Waals surface area contributed by atoms with Crippen molar-refractivity contribution in [1.82, 2.24) is 0 Å². The fourth-order valence-electron chi connectivity index (χ4n) is 1.62. The number of rotatable bonds is 0. The molecule has 0 amide bonds. The minimum Gasteiger partial charge on any atom is -0.393 e. The minimum atomic E-state index is -0.0324. The molecule has 0 radical (unpaired) electrons. The first-order valence-corrected chi connectivity index (χ1v) is 3.70. The summed E-state index contributed by atoms with van der Waals surface area (Å²) in [7, 11) is 0. The molecule has 9 heavy (non-hydrogen) atoms. The van der Waals surface area contributed by atoms with Crippen LogP contribution in [0.5, 0.6) is 0 Å². The van der Waals surface area contributed by atoms with Crippen molar-refractivity contribution >= 4 is 0 Å². The van der Waals surface area contributed by atoms with Crippen LogP contribution in [0.1, 0.15) is 33.6 Å². The zero-order valence-corrected chi connectivity index (χ0v) is 6.52. The first kappa shape index (κ1) is 7.07. The first-order valence-electron chi connectivity index (χ1n) is 3.70. The average molecular weight is 128 g/mol. The monoisotopic (exact) mass is 128 g/mol. The molecule has 0 spiro atoms. The van der Waals surface area contributed by atoms with Crippen LogP contribution in [0.2, 0.25) is 0 Å². The molecule has 1 unspecified atom stereocenters. The van der Waals surface area contributed by atoms with Crippen LogP contribution in [0, 0.1) is 11.3 Å². The summed E-state index contributed by atoms with van der Waals surface area (Å²) in [6, 6.07) is 0. The SMILES string of the molecule is CC1C[C@H](O)CC1(C)C. The van der Waals surface area contributed by atoms with Crippen LogP contribution >= 0.6 is 0 Å². The maximum Gasteiger partial charge on any atom is 0.0548 e. The van der Waals surface area contributed by atoms with E-state index < -0.39 is 0 Å². The van der Waals surface area contributed by atoms with Crippen molar-refractivity contribution in [1.29, 1.82) is 0 Å². The van der Waals surface area contributed by atoms with Crippen LogP contribution < -0.4 is 0 Å². The van der Waals surface area contributed by atoms with E-state index >= 15 is 0 Å². The van der Waals surface area contributed by atoms with Crippen molar-refractivity contribution in [2.24, 2.45) is 11.3 Å². The Hall–Kier alpha value is -0.0400. The van der Waals surface area contributed by atoms with E-state index in [2.05, 4.69) is 20.8 Å². The van der Waals surface area contributed by atoms with Crippen molar-refractivity contribution in [3.8, 4) is 0 Å². The second kappa shape index (κ2) is 1.98. The second-order valence-electron chi connectivity index (χ2n) is 3.98. The van der Waals surface area contributed by atoms with Crippen LogP contribution in [0.4, 0.5) is 0 Å². The lowest BCUT2D eigenvalue weighted by Gasteiger charge is -2.22. The smallest absolute Gasteiger partial charge is 0.0548 e. The first-order chi connectivity index (χ1) is 4.02. The molecule has 0 aromatic rings. The Morgan fingerprint density at radius 2 is 2.00 bits per heavy atom. The Bertz CT molecular complexity index is 107. The molecule has 2 atom stereocenters. The highest BCUT2D eigenvalue weighted by molar-refractivity contribution is 4.86. The number of hydrogen-bond donors (Lipinski definition) is 1. The number of hydrogen-bond acceptors (Lipinski definition) is 1. The van der Waals surface area contributed by atoms with Gasteiger partial charge in [-0.2, -0.15) is 0 Å². The zero-order chi connectivity index (χ0) is 7.07. The molecule has 0 aromatic heterocycles. The highest BCUT2D eigenvalue weighted by atomic mass is 16.3. The van der Waals surface area contributed by atoms with Gasteiger partial charge >= 0.3 is 0 Å². The molecule has 0 bridgehead atoms. The Kier molecular flexibility index (Phi) is 1.55. The molecule has 1 heteroatoms. The van der Waals surface area contributed by atoms with Gasteiger partial charge in [0.05, 0.1) is 6.10 Å². The van der Waals surface area contributed by atoms with Gasteiger partial charge in [-0.05, 0) is 24.2 Å². The zero-order valence-electron chi connectivity index (χ0n) is 6.52. The van der Waals surface area contributed by atoms with Crippen LogP contribution in [0.3, 0.4) is 0 Å². The molecular weight excluding hydrogens is 112 g/mol. The van der Waals surface area contributed by atoms with Crippen LogP contribution in [-0.2, 0) is 0 Å². The van der Waals surface area contributed by atoms with E-state index in [1.54, 1.807) is 0 Å². The van der Waals surface area contributed by atoms with Crippen molar-refractivity contribution in [3.05, 3.63) is 0 Å². The van der Waals surface area contributed by atoms with Crippen LogP contribution in [0.15, 0.2) is 0 Å². The van der Waals surface area contributed by atoms with Crippen molar-refractivity contribution < 1.29 is 5.11 Å². The highest BCUT2D eigenvalue weighted by Crippen LogP contribution is 2.41. The topological polar surface area (TPSA) is 20.2 Å². The molecule has 1 nitrogen and oxygen atoms in total. The van der Waals surface area contributed by atoms with Crippen molar-refractivity contribution in [3.63, 3.8) is 0 Å². The molecule has 54 valence electrons. The molecule has 1 aliphatic carbocycles. The molecule has 0 heterocycles. The van der Waals surface area contributed by atoms with E-state index in [1.165, 1.54) is 0 Å². The quantitative estimate of drug-likeness (QED) is 0.527. The summed E-state index contributed by atoms with van der Waals surface area (Å²) in [5.41, 5.74) is 0.374. The van der Waals surface area contributed by atoms with Gasteiger partial charge in [-0.15, -0.1) is 0 Å². The summed E-state index contributed by atoms with van der Waals surface area (Å²) < 4.78 is 0. The lowest BCUT2D eigenvalue weighted by Crippen LogP contribution is -2.13. The van der Waals surface area contributed by atoms with Crippen molar-refractivity contribution in [2.45, 2.75) is 39.7 Å². The normalized spacial score (nSPS) is 41.3. The Balaban J connectivity index is 2.58. The second-order valence-corrected chi connectivity index (χ2v) is 3.98. The standard InChI is InChI=1S/C8H16O/c1-6-4-7(9)5-8(6,2)3/h6-7,9H,4-5H2,1-3H3/t6?,7-/m0/s1.